The molecule has 1 aliphatic carbocycles. The molecule has 1 N–H and O–H groups in total. The number of nitrogens with one attached hydrogen (secondary N) is 1. The molecule has 1 aromatic heterocycles. The summed E-state index contributed by atoms with van der Waals surface area (Å²) >= 11 is 3.64. The lowest BCUT2D eigenvalue weighted by Crippen LogP contribution is -2.29. The number of hydrogen-bond donors (Lipinski definition) is 1. The van der Waals surface area contributed by atoms with Gasteiger partial charge < -0.3 is 5.32 Å². The molecule has 1 aliphatic rings. The van der Waals surface area contributed by atoms with Crippen LogP contribution in [0.3, 0.4) is 0 Å². The Hall–Kier alpha value is -0.350. The van der Waals surface area contributed by atoms with Gasteiger partial charge in [-0.05, 0) is 48.7 Å². The molecule has 0 aromatic carbocycles. The highest BCUT2D eigenvalue weighted by Gasteiger charge is 2.27. The highest BCUT2D eigenvalue weighted by molar-refractivity contribution is 9.10. The monoisotopic (exact) mass is 299 g/mol. The molecule has 1 aromatic rings. The number of aromatic nitrogens is 2. The third-order valence-electron chi connectivity index (χ3n) is 3.86. The maximum atomic E-state index is 4.43. The van der Waals surface area contributed by atoms with Crippen molar-refractivity contribution in [2.45, 2.75) is 51.6 Å². The van der Waals surface area contributed by atoms with Crippen LogP contribution in [-0.4, -0.2) is 16.8 Å². The van der Waals surface area contributed by atoms with Crippen molar-refractivity contribution in [3.8, 4) is 0 Å². The van der Waals surface area contributed by atoms with Gasteiger partial charge in [0.1, 0.15) is 0 Å². The molecular weight excluding hydrogens is 278 g/mol. The van der Waals surface area contributed by atoms with Gasteiger partial charge in [-0.25, -0.2) is 0 Å². The lowest BCUT2D eigenvalue weighted by atomic mass is 9.82. The van der Waals surface area contributed by atoms with E-state index in [4.69, 9.17) is 0 Å². The fraction of sp³-hybridized carbons (Fsp3) is 0.769. The molecular formula is C13H22BrN3. The van der Waals surface area contributed by atoms with Gasteiger partial charge in [0.05, 0.1) is 22.4 Å². The van der Waals surface area contributed by atoms with Crippen molar-refractivity contribution >= 4 is 15.9 Å². The van der Waals surface area contributed by atoms with Gasteiger partial charge in [-0.3, -0.25) is 4.68 Å². The summed E-state index contributed by atoms with van der Waals surface area (Å²) in [6.07, 6.45) is 8.76. The second-order valence-corrected chi connectivity index (χ2v) is 5.71. The summed E-state index contributed by atoms with van der Waals surface area (Å²) in [6.45, 7) is 3.09. The van der Waals surface area contributed by atoms with Crippen LogP contribution in [0.25, 0.3) is 0 Å². The topological polar surface area (TPSA) is 29.9 Å². The van der Waals surface area contributed by atoms with Gasteiger partial charge in [-0.2, -0.15) is 5.10 Å². The fourth-order valence-electron chi connectivity index (χ4n) is 3.00. The van der Waals surface area contributed by atoms with Gasteiger partial charge in [0, 0.05) is 6.54 Å². The molecule has 0 spiro atoms. The van der Waals surface area contributed by atoms with Gasteiger partial charge >= 0.3 is 0 Å². The van der Waals surface area contributed by atoms with Gasteiger partial charge in [-0.1, -0.05) is 19.3 Å². The smallest absolute Gasteiger partial charge is 0.0698 e. The first-order chi connectivity index (χ1) is 8.27. The third kappa shape index (κ3) is 2.74. The van der Waals surface area contributed by atoms with Crippen molar-refractivity contribution in [2.24, 2.45) is 5.92 Å². The third-order valence-corrected chi connectivity index (χ3v) is 4.47. The minimum absolute atomic E-state index is 0.437. The predicted octanol–water partition coefficient (Wildman–Crippen LogP) is 3.51. The Balaban J connectivity index is 2.23. The van der Waals surface area contributed by atoms with Crippen molar-refractivity contribution < 1.29 is 0 Å². The summed E-state index contributed by atoms with van der Waals surface area (Å²) < 4.78 is 3.25. The standard InChI is InChI=1S/C13H22BrN3/c1-3-17-13(11(14)9-16-17)12(15-2)10-7-5-4-6-8-10/h9-10,12,15H,3-8H2,1-2H3. The Labute approximate surface area is 112 Å². The van der Waals surface area contributed by atoms with Crippen LogP contribution >= 0.6 is 15.9 Å². The van der Waals surface area contributed by atoms with Crippen molar-refractivity contribution in [3.05, 3.63) is 16.4 Å². The Morgan fingerprint density at radius 1 is 1.47 bits per heavy atom. The minimum Gasteiger partial charge on any atom is -0.311 e. The first kappa shape index (κ1) is 13.1. The van der Waals surface area contributed by atoms with Gasteiger partial charge in [-0.15, -0.1) is 0 Å². The van der Waals surface area contributed by atoms with E-state index in [9.17, 15) is 0 Å². The normalized spacial score (nSPS) is 19.5. The highest BCUT2D eigenvalue weighted by atomic mass is 79.9. The van der Waals surface area contributed by atoms with Crippen molar-refractivity contribution in [3.63, 3.8) is 0 Å². The van der Waals surface area contributed by atoms with E-state index in [1.165, 1.54) is 37.8 Å². The molecule has 1 fully saturated rings. The average molecular weight is 300 g/mol. The van der Waals surface area contributed by atoms with E-state index in [2.05, 4.69) is 45.0 Å². The van der Waals surface area contributed by atoms with Gasteiger partial charge in [0.15, 0.2) is 0 Å². The molecule has 17 heavy (non-hydrogen) atoms. The average Bonchev–Trinajstić information content (AvgIpc) is 2.74. The van der Waals surface area contributed by atoms with Crippen LogP contribution in [0.1, 0.15) is 50.8 Å². The molecule has 96 valence electrons. The van der Waals surface area contributed by atoms with Gasteiger partial charge in [0.25, 0.3) is 0 Å². The number of halogens is 1. The van der Waals surface area contributed by atoms with Crippen LogP contribution in [0.4, 0.5) is 0 Å². The molecule has 4 heteroatoms. The zero-order valence-corrected chi connectivity index (χ0v) is 12.3. The predicted molar refractivity (Wildman–Crippen MR) is 74.0 cm³/mol. The Kier molecular flexibility index (Phi) is 4.62. The quantitative estimate of drug-likeness (QED) is 0.922. The summed E-state index contributed by atoms with van der Waals surface area (Å²) in [5, 5.41) is 7.93. The first-order valence-electron chi connectivity index (χ1n) is 6.66. The van der Waals surface area contributed by atoms with E-state index in [0.29, 0.717) is 6.04 Å². The molecule has 1 saturated carbocycles. The van der Waals surface area contributed by atoms with Crippen LogP contribution in [0.5, 0.6) is 0 Å². The largest absolute Gasteiger partial charge is 0.311 e. The van der Waals surface area contributed by atoms with Crippen molar-refractivity contribution in [1.29, 1.82) is 0 Å². The summed E-state index contributed by atoms with van der Waals surface area (Å²) in [6, 6.07) is 0.437. The van der Waals surface area contributed by atoms with Crippen LogP contribution in [-0.2, 0) is 6.54 Å². The second kappa shape index (κ2) is 6.01. The molecule has 0 amide bonds. The number of nitrogens with zero attached hydrogens (tertiary/aromatic N) is 2. The minimum atomic E-state index is 0.437. The summed E-state index contributed by atoms with van der Waals surface area (Å²) in [5.74, 6) is 0.757. The van der Waals surface area contributed by atoms with Crippen molar-refractivity contribution in [2.75, 3.05) is 7.05 Å². The number of aryl methyl sites for hydroxylation is 1. The molecule has 0 aliphatic heterocycles. The molecule has 0 bridgehead atoms. The molecule has 1 unspecified atom stereocenters. The summed E-state index contributed by atoms with van der Waals surface area (Å²) in [7, 11) is 2.07. The number of hydrogen-bond acceptors (Lipinski definition) is 2. The molecule has 0 radical (unpaired) electrons. The lowest BCUT2D eigenvalue weighted by Gasteiger charge is -2.30. The first-order valence-corrected chi connectivity index (χ1v) is 7.45. The van der Waals surface area contributed by atoms with E-state index in [0.717, 1.165) is 16.9 Å². The van der Waals surface area contributed by atoms with Crippen LogP contribution < -0.4 is 5.32 Å². The van der Waals surface area contributed by atoms with E-state index in [-0.39, 0.29) is 0 Å². The maximum absolute atomic E-state index is 4.43. The van der Waals surface area contributed by atoms with E-state index in [1.54, 1.807) is 0 Å². The zero-order chi connectivity index (χ0) is 12.3. The van der Waals surface area contributed by atoms with Crippen LogP contribution in [0, 0.1) is 5.92 Å². The van der Waals surface area contributed by atoms with E-state index < -0.39 is 0 Å². The van der Waals surface area contributed by atoms with Crippen LogP contribution in [0.15, 0.2) is 10.7 Å². The second-order valence-electron chi connectivity index (χ2n) is 4.86. The lowest BCUT2D eigenvalue weighted by molar-refractivity contribution is 0.270. The van der Waals surface area contributed by atoms with Crippen molar-refractivity contribution in [1.82, 2.24) is 15.1 Å². The Bertz CT molecular complexity index is 356. The Morgan fingerprint density at radius 2 is 2.18 bits per heavy atom. The molecule has 0 saturated heterocycles. The summed E-state index contributed by atoms with van der Waals surface area (Å²) in [4.78, 5) is 0. The summed E-state index contributed by atoms with van der Waals surface area (Å²) in [5.41, 5.74) is 1.32. The van der Waals surface area contributed by atoms with E-state index in [1.807, 2.05) is 6.20 Å². The van der Waals surface area contributed by atoms with E-state index >= 15 is 0 Å². The van der Waals surface area contributed by atoms with Crippen LogP contribution in [0.2, 0.25) is 0 Å². The molecule has 2 rings (SSSR count). The zero-order valence-electron chi connectivity index (χ0n) is 10.7. The molecule has 1 atom stereocenters. The molecule has 3 nitrogen and oxygen atoms in total. The molecule has 1 heterocycles. The SMILES string of the molecule is CCn1ncc(Br)c1C(NC)C1CCCCC1. The highest BCUT2D eigenvalue weighted by Crippen LogP contribution is 2.36. The van der Waals surface area contributed by atoms with Gasteiger partial charge in [0.2, 0.25) is 0 Å². The maximum Gasteiger partial charge on any atom is 0.0698 e. The Morgan fingerprint density at radius 3 is 2.76 bits per heavy atom. The number of rotatable bonds is 4. The fourth-order valence-corrected chi connectivity index (χ4v) is 3.54.